The van der Waals surface area contributed by atoms with E-state index < -0.39 is 15.8 Å². The Hall–Kier alpha value is -2.61. The van der Waals surface area contributed by atoms with Crippen LogP contribution in [0.1, 0.15) is 5.56 Å². The molecule has 8 heteroatoms. The van der Waals surface area contributed by atoms with Gasteiger partial charge in [-0.15, -0.1) is 0 Å². The molecule has 2 aromatic carbocycles. The molecule has 0 saturated heterocycles. The van der Waals surface area contributed by atoms with Gasteiger partial charge in [-0.2, -0.15) is 0 Å². The number of aryl methyl sites for hydroxylation is 3. The van der Waals surface area contributed by atoms with Crippen molar-refractivity contribution >= 4 is 26.7 Å². The lowest BCUT2D eigenvalue weighted by Gasteiger charge is -2.11. The molecule has 0 bridgehead atoms. The summed E-state index contributed by atoms with van der Waals surface area (Å²) in [5.41, 5.74) is 1.67. The summed E-state index contributed by atoms with van der Waals surface area (Å²) in [6.07, 6.45) is 0. The number of fused-ring (bicyclic) bond motifs is 1. The van der Waals surface area contributed by atoms with Crippen molar-refractivity contribution in [3.05, 3.63) is 58.3 Å². The van der Waals surface area contributed by atoms with Gasteiger partial charge in [-0.05, 0) is 42.8 Å². The van der Waals surface area contributed by atoms with Crippen LogP contribution in [0.5, 0.6) is 0 Å². The van der Waals surface area contributed by atoms with Gasteiger partial charge in [0.1, 0.15) is 5.82 Å². The summed E-state index contributed by atoms with van der Waals surface area (Å²) in [6.45, 7) is 1.68. The Kier molecular flexibility index (Phi) is 3.71. The zero-order valence-electron chi connectivity index (χ0n) is 13.4. The van der Waals surface area contributed by atoms with E-state index in [9.17, 15) is 17.6 Å². The molecule has 0 spiro atoms. The number of sulfonamides is 1. The van der Waals surface area contributed by atoms with Gasteiger partial charge in [0.2, 0.25) is 0 Å². The van der Waals surface area contributed by atoms with E-state index in [0.717, 1.165) is 6.07 Å². The van der Waals surface area contributed by atoms with Crippen LogP contribution in [-0.2, 0) is 24.1 Å². The van der Waals surface area contributed by atoms with Gasteiger partial charge in [0.05, 0.1) is 21.6 Å². The Bertz CT molecular complexity index is 1110. The van der Waals surface area contributed by atoms with E-state index in [0.29, 0.717) is 16.6 Å². The molecule has 3 aromatic rings. The lowest BCUT2D eigenvalue weighted by molar-refractivity contribution is 0.601. The SMILES string of the molecule is Cc1ccc(F)cc1NS(=O)(=O)c1ccc2c(c1)n(C)c(=O)n2C. The minimum absolute atomic E-state index is 0.000128. The second kappa shape index (κ2) is 5.48. The molecule has 0 unspecified atom stereocenters. The smallest absolute Gasteiger partial charge is 0.295 e. The number of benzene rings is 2. The van der Waals surface area contributed by atoms with Crippen LogP contribution in [0.15, 0.2) is 46.1 Å². The standard InChI is InChI=1S/C16H16FN3O3S/c1-10-4-5-11(17)8-13(10)18-24(22,23)12-6-7-14-15(9-12)20(3)16(21)19(14)2/h4-9,18H,1-3H3. The highest BCUT2D eigenvalue weighted by molar-refractivity contribution is 7.92. The Morgan fingerprint density at radius 2 is 1.67 bits per heavy atom. The number of halogens is 1. The molecule has 6 nitrogen and oxygen atoms in total. The minimum Gasteiger partial charge on any atom is -0.295 e. The summed E-state index contributed by atoms with van der Waals surface area (Å²) >= 11 is 0. The summed E-state index contributed by atoms with van der Waals surface area (Å²) < 4.78 is 43.7. The fourth-order valence-electron chi connectivity index (χ4n) is 2.56. The van der Waals surface area contributed by atoms with Crippen LogP contribution in [0.2, 0.25) is 0 Å². The van der Waals surface area contributed by atoms with E-state index in [-0.39, 0.29) is 16.3 Å². The van der Waals surface area contributed by atoms with Crippen molar-refractivity contribution in [1.82, 2.24) is 9.13 Å². The molecular formula is C16H16FN3O3S. The number of anilines is 1. The number of imidazole rings is 1. The van der Waals surface area contributed by atoms with Crippen LogP contribution in [0.25, 0.3) is 11.0 Å². The van der Waals surface area contributed by atoms with Crippen LogP contribution in [-0.4, -0.2) is 17.6 Å². The maximum absolute atomic E-state index is 13.4. The second-order valence-electron chi connectivity index (χ2n) is 5.62. The average Bonchev–Trinajstić information content (AvgIpc) is 2.75. The first-order valence-electron chi connectivity index (χ1n) is 7.15. The second-order valence-corrected chi connectivity index (χ2v) is 7.30. The molecule has 1 N–H and O–H groups in total. The van der Waals surface area contributed by atoms with E-state index >= 15 is 0 Å². The highest BCUT2D eigenvalue weighted by Gasteiger charge is 2.18. The molecule has 0 aliphatic rings. The molecular weight excluding hydrogens is 333 g/mol. The van der Waals surface area contributed by atoms with Crippen LogP contribution in [0, 0.1) is 12.7 Å². The fraction of sp³-hybridized carbons (Fsp3) is 0.188. The molecule has 0 saturated carbocycles. The number of hydrogen-bond acceptors (Lipinski definition) is 3. The van der Waals surface area contributed by atoms with Crippen molar-refractivity contribution in [3.63, 3.8) is 0 Å². The summed E-state index contributed by atoms with van der Waals surface area (Å²) in [7, 11) is -0.713. The molecule has 1 heterocycles. The van der Waals surface area contributed by atoms with Gasteiger partial charge in [-0.3, -0.25) is 13.9 Å². The fourth-order valence-corrected chi connectivity index (χ4v) is 3.70. The number of rotatable bonds is 3. The lowest BCUT2D eigenvalue weighted by atomic mass is 10.2. The highest BCUT2D eigenvalue weighted by Crippen LogP contribution is 2.23. The summed E-state index contributed by atoms with van der Waals surface area (Å²) in [6, 6.07) is 8.30. The molecule has 0 radical (unpaired) electrons. The van der Waals surface area contributed by atoms with Gasteiger partial charge >= 0.3 is 5.69 Å². The third kappa shape index (κ3) is 2.58. The number of hydrogen-bond donors (Lipinski definition) is 1. The van der Waals surface area contributed by atoms with Gasteiger partial charge in [0.15, 0.2) is 0 Å². The van der Waals surface area contributed by atoms with Crippen LogP contribution in [0.3, 0.4) is 0 Å². The Labute approximate surface area is 138 Å². The van der Waals surface area contributed by atoms with Crippen molar-refractivity contribution in [2.24, 2.45) is 14.1 Å². The molecule has 0 atom stereocenters. The van der Waals surface area contributed by atoms with E-state index in [1.54, 1.807) is 27.1 Å². The number of aromatic nitrogens is 2. The first kappa shape index (κ1) is 16.3. The molecule has 126 valence electrons. The topological polar surface area (TPSA) is 73.1 Å². The van der Waals surface area contributed by atoms with Crippen molar-refractivity contribution in [2.45, 2.75) is 11.8 Å². The largest absolute Gasteiger partial charge is 0.328 e. The predicted octanol–water partition coefficient (Wildman–Crippen LogP) is 2.13. The average molecular weight is 349 g/mol. The summed E-state index contributed by atoms with van der Waals surface area (Å²) in [4.78, 5) is 11.9. The van der Waals surface area contributed by atoms with Crippen molar-refractivity contribution < 1.29 is 12.8 Å². The lowest BCUT2D eigenvalue weighted by Crippen LogP contribution is -2.19. The van der Waals surface area contributed by atoms with Crippen LogP contribution < -0.4 is 10.4 Å². The first-order valence-corrected chi connectivity index (χ1v) is 8.63. The van der Waals surface area contributed by atoms with E-state index in [1.807, 2.05) is 0 Å². The molecule has 0 aliphatic heterocycles. The number of nitrogens with zero attached hydrogens (tertiary/aromatic N) is 2. The van der Waals surface area contributed by atoms with Gasteiger partial charge in [0.25, 0.3) is 10.0 Å². The van der Waals surface area contributed by atoms with Gasteiger partial charge in [0, 0.05) is 14.1 Å². The van der Waals surface area contributed by atoms with Crippen molar-refractivity contribution in [2.75, 3.05) is 4.72 Å². The Morgan fingerprint density at radius 1 is 1.00 bits per heavy atom. The third-order valence-electron chi connectivity index (χ3n) is 4.00. The third-order valence-corrected chi connectivity index (χ3v) is 5.36. The zero-order valence-corrected chi connectivity index (χ0v) is 14.2. The highest BCUT2D eigenvalue weighted by atomic mass is 32.2. The normalized spacial score (nSPS) is 11.8. The van der Waals surface area contributed by atoms with E-state index in [1.165, 1.54) is 33.4 Å². The van der Waals surface area contributed by atoms with Crippen LogP contribution >= 0.6 is 0 Å². The molecule has 24 heavy (non-hydrogen) atoms. The predicted molar refractivity (Wildman–Crippen MR) is 90.1 cm³/mol. The Morgan fingerprint density at radius 3 is 2.38 bits per heavy atom. The van der Waals surface area contributed by atoms with Gasteiger partial charge < -0.3 is 0 Å². The summed E-state index contributed by atoms with van der Waals surface area (Å²) in [5.74, 6) is -0.529. The molecule has 0 fully saturated rings. The molecule has 1 aromatic heterocycles. The molecule has 3 rings (SSSR count). The first-order chi connectivity index (χ1) is 11.2. The van der Waals surface area contributed by atoms with Gasteiger partial charge in [-0.1, -0.05) is 6.07 Å². The molecule has 0 aliphatic carbocycles. The Balaban J connectivity index is 2.10. The van der Waals surface area contributed by atoms with E-state index in [2.05, 4.69) is 4.72 Å². The maximum Gasteiger partial charge on any atom is 0.328 e. The molecule has 0 amide bonds. The quantitative estimate of drug-likeness (QED) is 0.787. The summed E-state index contributed by atoms with van der Waals surface area (Å²) in [5, 5.41) is 0. The minimum atomic E-state index is -3.91. The van der Waals surface area contributed by atoms with Gasteiger partial charge in [-0.25, -0.2) is 17.6 Å². The number of nitrogens with one attached hydrogen (secondary N) is 1. The van der Waals surface area contributed by atoms with Crippen molar-refractivity contribution in [3.8, 4) is 0 Å². The van der Waals surface area contributed by atoms with E-state index in [4.69, 9.17) is 0 Å². The maximum atomic E-state index is 13.4. The van der Waals surface area contributed by atoms with Crippen LogP contribution in [0.4, 0.5) is 10.1 Å². The van der Waals surface area contributed by atoms with Crippen molar-refractivity contribution in [1.29, 1.82) is 0 Å². The zero-order chi connectivity index (χ0) is 17.6. The monoisotopic (exact) mass is 349 g/mol.